The van der Waals surface area contributed by atoms with Crippen LogP contribution in [0.25, 0.3) is 10.7 Å². The lowest BCUT2D eigenvalue weighted by atomic mass is 10.2. The van der Waals surface area contributed by atoms with E-state index in [0.717, 1.165) is 16.1 Å². The quantitative estimate of drug-likeness (QED) is 0.270. The van der Waals surface area contributed by atoms with Gasteiger partial charge in [0.15, 0.2) is 15.7 Å². The highest BCUT2D eigenvalue weighted by Crippen LogP contribution is 2.32. The normalized spacial score (nSPS) is 10.7. The van der Waals surface area contributed by atoms with Crippen LogP contribution in [0.1, 0.15) is 21.6 Å². The number of hydrogen-bond donors (Lipinski definition) is 2. The van der Waals surface area contributed by atoms with E-state index in [1.165, 1.54) is 11.3 Å². The third-order valence-corrected chi connectivity index (χ3v) is 6.04. The molecule has 0 fully saturated rings. The number of hydrogen-bond acceptors (Lipinski definition) is 6. The van der Waals surface area contributed by atoms with Crippen molar-refractivity contribution in [3.05, 3.63) is 88.8 Å². The number of benzene rings is 2. The molecule has 0 radical (unpaired) electrons. The van der Waals surface area contributed by atoms with E-state index in [1.54, 1.807) is 30.3 Å². The molecule has 0 saturated carbocycles. The van der Waals surface area contributed by atoms with E-state index in [0.29, 0.717) is 40.2 Å². The second-order valence-corrected chi connectivity index (χ2v) is 8.32. The average Bonchev–Trinajstić information content (AvgIpc) is 3.35. The van der Waals surface area contributed by atoms with Crippen molar-refractivity contribution in [3.63, 3.8) is 0 Å². The lowest BCUT2D eigenvalue weighted by molar-refractivity contribution is 0.102. The Labute approximate surface area is 194 Å². The van der Waals surface area contributed by atoms with Crippen LogP contribution >= 0.6 is 23.6 Å². The van der Waals surface area contributed by atoms with Crippen molar-refractivity contribution in [2.24, 2.45) is 0 Å². The Morgan fingerprint density at radius 1 is 1.25 bits per heavy atom. The molecule has 162 valence electrons. The van der Waals surface area contributed by atoms with Gasteiger partial charge in [-0.1, -0.05) is 47.7 Å². The molecule has 4 rings (SSSR count). The maximum atomic E-state index is 12.7. The summed E-state index contributed by atoms with van der Waals surface area (Å²) in [7, 11) is 0. The first-order valence-corrected chi connectivity index (χ1v) is 11.1. The first-order valence-electron chi connectivity index (χ1n) is 9.87. The zero-order chi connectivity index (χ0) is 22.5. The van der Waals surface area contributed by atoms with Gasteiger partial charge in [0.05, 0.1) is 10.6 Å². The summed E-state index contributed by atoms with van der Waals surface area (Å²) in [5.74, 6) is 1.12. The van der Waals surface area contributed by atoms with Gasteiger partial charge >= 0.3 is 0 Å². The molecule has 0 bridgehead atoms. The second kappa shape index (κ2) is 9.71. The third kappa shape index (κ3) is 4.84. The molecule has 0 atom stereocenters. The predicted octanol–water partition coefficient (Wildman–Crippen LogP) is 5.39. The monoisotopic (exact) mass is 463 g/mol. The molecular weight excluding hydrogens is 442 g/mol. The summed E-state index contributed by atoms with van der Waals surface area (Å²) < 4.78 is 8.12. The standard InChI is InChI=1S/C23H21N5O2S2/c1-3-13-28-20(26-27-23(28)31)19-15(2)24-22(32-19)25-21(29)17-9-11-18(12-10-17)30-14-16-7-5-4-6-8-16/h3-12H,1,13-14H2,2H3,(H,27,31)(H,24,25,29). The number of H-pyrrole nitrogens is 1. The SMILES string of the molecule is C=CCn1c(-c2sc(NC(=O)c3ccc(OCc4ccccc4)cc3)nc2C)n[nH]c1=S. The van der Waals surface area contributed by atoms with Gasteiger partial charge in [0.2, 0.25) is 0 Å². The van der Waals surface area contributed by atoms with E-state index in [4.69, 9.17) is 17.0 Å². The Morgan fingerprint density at radius 3 is 2.72 bits per heavy atom. The number of aryl methyl sites for hydroxylation is 1. The van der Waals surface area contributed by atoms with E-state index in [-0.39, 0.29) is 5.91 Å². The molecule has 2 heterocycles. The fourth-order valence-electron chi connectivity index (χ4n) is 3.06. The number of nitrogens with zero attached hydrogens (tertiary/aromatic N) is 3. The van der Waals surface area contributed by atoms with E-state index in [9.17, 15) is 4.79 Å². The molecule has 0 spiro atoms. The molecular formula is C23H21N5O2S2. The molecule has 7 nitrogen and oxygen atoms in total. The second-order valence-electron chi connectivity index (χ2n) is 6.94. The number of nitrogens with one attached hydrogen (secondary N) is 2. The number of allylic oxidation sites excluding steroid dienone is 1. The van der Waals surface area contributed by atoms with Crippen LogP contribution in [-0.4, -0.2) is 25.7 Å². The number of amides is 1. The summed E-state index contributed by atoms with van der Waals surface area (Å²) in [6.07, 6.45) is 1.75. The summed E-state index contributed by atoms with van der Waals surface area (Å²) in [6.45, 7) is 6.63. The maximum absolute atomic E-state index is 12.7. The first-order chi connectivity index (χ1) is 15.5. The van der Waals surface area contributed by atoms with Crippen molar-refractivity contribution < 1.29 is 9.53 Å². The fourth-order valence-corrected chi connectivity index (χ4v) is 4.23. The van der Waals surface area contributed by atoms with Gasteiger partial charge in [0, 0.05) is 12.1 Å². The van der Waals surface area contributed by atoms with Crippen LogP contribution in [0, 0.1) is 11.7 Å². The van der Waals surface area contributed by atoms with Crippen LogP contribution in [0.2, 0.25) is 0 Å². The lowest BCUT2D eigenvalue weighted by Crippen LogP contribution is -2.11. The molecule has 2 aromatic carbocycles. The number of carbonyl (C=O) groups excluding carboxylic acids is 1. The van der Waals surface area contributed by atoms with Gasteiger partial charge in [-0.05, 0) is 49.0 Å². The minimum atomic E-state index is -0.245. The molecule has 4 aromatic rings. The van der Waals surface area contributed by atoms with Crippen LogP contribution in [0.5, 0.6) is 5.75 Å². The van der Waals surface area contributed by atoms with E-state index in [1.807, 2.05) is 41.8 Å². The highest BCUT2D eigenvalue weighted by Gasteiger charge is 2.17. The highest BCUT2D eigenvalue weighted by molar-refractivity contribution is 7.71. The fraction of sp³-hybridized carbons (Fsp3) is 0.130. The lowest BCUT2D eigenvalue weighted by Gasteiger charge is -2.07. The number of ether oxygens (including phenoxy) is 1. The summed E-state index contributed by atoms with van der Waals surface area (Å²) in [4.78, 5) is 18.0. The van der Waals surface area contributed by atoms with Crippen molar-refractivity contribution >= 4 is 34.6 Å². The number of anilines is 1. The van der Waals surface area contributed by atoms with Crippen LogP contribution in [0.4, 0.5) is 5.13 Å². The summed E-state index contributed by atoms with van der Waals surface area (Å²) in [5.41, 5.74) is 2.36. The summed E-state index contributed by atoms with van der Waals surface area (Å²) >= 11 is 6.63. The smallest absolute Gasteiger partial charge is 0.257 e. The topological polar surface area (TPSA) is 84.8 Å². The van der Waals surface area contributed by atoms with Crippen LogP contribution in [-0.2, 0) is 13.2 Å². The molecule has 1 amide bonds. The molecule has 0 aliphatic rings. The van der Waals surface area contributed by atoms with E-state index in [2.05, 4.69) is 27.1 Å². The Balaban J connectivity index is 1.44. The van der Waals surface area contributed by atoms with Gasteiger partial charge in [-0.25, -0.2) is 4.98 Å². The van der Waals surface area contributed by atoms with Gasteiger partial charge in [-0.15, -0.1) is 6.58 Å². The van der Waals surface area contributed by atoms with Gasteiger partial charge in [-0.2, -0.15) is 5.10 Å². The van der Waals surface area contributed by atoms with Gasteiger partial charge < -0.3 is 4.74 Å². The molecule has 9 heteroatoms. The van der Waals surface area contributed by atoms with Crippen molar-refractivity contribution in [2.75, 3.05) is 5.32 Å². The number of aromatic nitrogens is 4. The van der Waals surface area contributed by atoms with Crippen molar-refractivity contribution in [1.29, 1.82) is 0 Å². The van der Waals surface area contributed by atoms with E-state index < -0.39 is 0 Å². The van der Waals surface area contributed by atoms with Crippen LogP contribution in [0.3, 0.4) is 0 Å². The summed E-state index contributed by atoms with van der Waals surface area (Å²) in [6, 6.07) is 16.9. The molecule has 0 aliphatic heterocycles. The molecule has 0 saturated heterocycles. The minimum Gasteiger partial charge on any atom is -0.489 e. The Morgan fingerprint density at radius 2 is 2.00 bits per heavy atom. The van der Waals surface area contributed by atoms with Crippen molar-refractivity contribution in [2.45, 2.75) is 20.1 Å². The van der Waals surface area contributed by atoms with E-state index >= 15 is 0 Å². The average molecular weight is 464 g/mol. The Kier molecular flexibility index (Phi) is 6.58. The largest absolute Gasteiger partial charge is 0.489 e. The molecule has 2 N–H and O–H groups in total. The third-order valence-electron chi connectivity index (χ3n) is 4.65. The zero-order valence-electron chi connectivity index (χ0n) is 17.4. The molecule has 0 aliphatic carbocycles. The molecule has 0 unspecified atom stereocenters. The molecule has 32 heavy (non-hydrogen) atoms. The predicted molar refractivity (Wildman–Crippen MR) is 129 cm³/mol. The van der Waals surface area contributed by atoms with Gasteiger partial charge in [0.25, 0.3) is 5.91 Å². The highest BCUT2D eigenvalue weighted by atomic mass is 32.1. The molecule has 2 aromatic heterocycles. The number of thiazole rings is 1. The Bertz CT molecular complexity index is 1290. The van der Waals surface area contributed by atoms with Crippen LogP contribution < -0.4 is 10.1 Å². The van der Waals surface area contributed by atoms with Crippen molar-refractivity contribution in [1.82, 2.24) is 19.7 Å². The minimum absolute atomic E-state index is 0.245. The Hall–Kier alpha value is -3.56. The number of rotatable bonds is 8. The van der Waals surface area contributed by atoms with Gasteiger partial charge in [0.1, 0.15) is 12.4 Å². The van der Waals surface area contributed by atoms with Gasteiger partial charge in [-0.3, -0.25) is 19.8 Å². The number of aromatic amines is 1. The number of carbonyl (C=O) groups is 1. The van der Waals surface area contributed by atoms with Crippen LogP contribution in [0.15, 0.2) is 67.3 Å². The summed E-state index contributed by atoms with van der Waals surface area (Å²) in [5, 5.41) is 10.5. The first kappa shape index (κ1) is 21.7. The maximum Gasteiger partial charge on any atom is 0.257 e. The zero-order valence-corrected chi connectivity index (χ0v) is 19.0. The van der Waals surface area contributed by atoms with Crippen molar-refractivity contribution in [3.8, 4) is 16.5 Å².